The maximum atomic E-state index is 12.9. The van der Waals surface area contributed by atoms with Crippen LogP contribution in [0.4, 0.5) is 16.2 Å². The number of urea groups is 1. The number of pyridine rings is 1. The lowest BCUT2D eigenvalue weighted by Crippen LogP contribution is -2.45. The molecule has 0 aliphatic carbocycles. The minimum absolute atomic E-state index is 0.244. The number of amides is 3. The van der Waals surface area contributed by atoms with Gasteiger partial charge in [0.05, 0.1) is 7.11 Å². The molecule has 0 spiro atoms. The van der Waals surface area contributed by atoms with Crippen LogP contribution < -0.4 is 20.9 Å². The van der Waals surface area contributed by atoms with Gasteiger partial charge in [-0.1, -0.05) is 11.6 Å². The van der Waals surface area contributed by atoms with Gasteiger partial charge in [-0.3, -0.25) is 14.2 Å². The monoisotopic (exact) mass is 466 g/mol. The first-order valence-corrected chi connectivity index (χ1v) is 10.8. The van der Waals surface area contributed by atoms with Crippen molar-refractivity contribution in [3.8, 4) is 11.4 Å². The fourth-order valence-electron chi connectivity index (χ4n) is 3.77. The average Bonchev–Trinajstić information content (AvgIpc) is 3.32. The molecule has 2 heterocycles. The molecule has 1 fully saturated rings. The van der Waals surface area contributed by atoms with E-state index in [9.17, 15) is 14.4 Å². The number of anilines is 2. The van der Waals surface area contributed by atoms with Crippen LogP contribution in [0.2, 0.25) is 5.02 Å². The highest BCUT2D eigenvalue weighted by Gasteiger charge is 2.34. The second-order valence-electron chi connectivity index (χ2n) is 7.58. The van der Waals surface area contributed by atoms with Gasteiger partial charge in [-0.05, 0) is 73.5 Å². The number of carbonyl (C=O) groups is 2. The molecule has 1 aliphatic rings. The summed E-state index contributed by atoms with van der Waals surface area (Å²) in [5.41, 5.74) is 1.55. The molecule has 2 N–H and O–H groups in total. The Morgan fingerprint density at radius 2 is 1.67 bits per heavy atom. The summed E-state index contributed by atoms with van der Waals surface area (Å²) in [6, 6.07) is 16.1. The minimum Gasteiger partial charge on any atom is -0.491 e. The fourth-order valence-corrected chi connectivity index (χ4v) is 3.90. The summed E-state index contributed by atoms with van der Waals surface area (Å²) >= 11 is 5.88. The second-order valence-corrected chi connectivity index (χ2v) is 8.01. The van der Waals surface area contributed by atoms with Crippen molar-refractivity contribution in [1.82, 2.24) is 9.47 Å². The molecule has 0 bridgehead atoms. The molecule has 1 aromatic heterocycles. The topological polar surface area (TPSA) is 92.7 Å². The number of methoxy groups -OCH3 is 1. The van der Waals surface area contributed by atoms with Crippen LogP contribution in [-0.4, -0.2) is 41.1 Å². The zero-order chi connectivity index (χ0) is 23.4. The van der Waals surface area contributed by atoms with Crippen LogP contribution in [0.5, 0.6) is 5.75 Å². The highest BCUT2D eigenvalue weighted by Crippen LogP contribution is 2.22. The van der Waals surface area contributed by atoms with E-state index < -0.39 is 6.04 Å². The summed E-state index contributed by atoms with van der Waals surface area (Å²) in [6.07, 6.45) is 2.97. The van der Waals surface area contributed by atoms with E-state index >= 15 is 0 Å². The maximum Gasteiger partial charge on any atom is 0.322 e. The average molecular weight is 467 g/mol. The summed E-state index contributed by atoms with van der Waals surface area (Å²) in [6.45, 7) is 0.495. The molecule has 0 saturated carbocycles. The molecule has 1 unspecified atom stereocenters. The molecule has 33 heavy (non-hydrogen) atoms. The maximum absolute atomic E-state index is 12.9. The molecule has 1 saturated heterocycles. The molecule has 3 amide bonds. The summed E-state index contributed by atoms with van der Waals surface area (Å²) in [7, 11) is 1.45. The molecular formula is C24H23ClN4O4. The number of rotatable bonds is 5. The van der Waals surface area contributed by atoms with Gasteiger partial charge >= 0.3 is 6.03 Å². The Bertz CT molecular complexity index is 1210. The Balaban J connectivity index is 1.42. The first kappa shape index (κ1) is 22.4. The molecule has 3 aromatic rings. The molecular weight excluding hydrogens is 444 g/mol. The van der Waals surface area contributed by atoms with Gasteiger partial charge in [0.25, 0.3) is 5.56 Å². The first-order chi connectivity index (χ1) is 16.0. The third kappa shape index (κ3) is 5.01. The number of aromatic nitrogens is 1. The Kier molecular flexibility index (Phi) is 6.65. The van der Waals surface area contributed by atoms with E-state index in [0.29, 0.717) is 35.1 Å². The zero-order valence-electron chi connectivity index (χ0n) is 18.0. The number of nitrogens with zero attached hydrogens (tertiary/aromatic N) is 2. The SMILES string of the molecule is COc1cccn(-c2ccc(NC(=O)C3CCCN3C(=O)Nc3ccc(Cl)cc3)cc2)c1=O. The van der Waals surface area contributed by atoms with Gasteiger partial charge in [0.15, 0.2) is 5.75 Å². The predicted molar refractivity (Wildman–Crippen MR) is 127 cm³/mol. The first-order valence-electron chi connectivity index (χ1n) is 10.5. The summed E-state index contributed by atoms with van der Waals surface area (Å²) in [5.74, 6) is -0.0156. The van der Waals surface area contributed by atoms with E-state index in [1.165, 1.54) is 16.6 Å². The van der Waals surface area contributed by atoms with Crippen LogP contribution in [-0.2, 0) is 4.79 Å². The number of hydrogen-bond acceptors (Lipinski definition) is 4. The van der Waals surface area contributed by atoms with Crippen molar-refractivity contribution in [3.63, 3.8) is 0 Å². The summed E-state index contributed by atoms with van der Waals surface area (Å²) in [4.78, 5) is 39.5. The number of hydrogen-bond donors (Lipinski definition) is 2. The van der Waals surface area contributed by atoms with Gasteiger partial charge in [-0.15, -0.1) is 0 Å². The second kappa shape index (κ2) is 9.79. The van der Waals surface area contributed by atoms with Gasteiger partial charge in [0.2, 0.25) is 5.91 Å². The molecule has 1 aliphatic heterocycles. The normalized spacial score (nSPS) is 15.2. The predicted octanol–water partition coefficient (Wildman–Crippen LogP) is 4.13. The van der Waals surface area contributed by atoms with Gasteiger partial charge in [-0.25, -0.2) is 4.79 Å². The van der Waals surface area contributed by atoms with E-state index in [-0.39, 0.29) is 23.2 Å². The lowest BCUT2D eigenvalue weighted by molar-refractivity contribution is -0.119. The van der Waals surface area contributed by atoms with Crippen LogP contribution in [0.25, 0.3) is 5.69 Å². The van der Waals surface area contributed by atoms with E-state index in [0.717, 1.165) is 6.42 Å². The number of ether oxygens (including phenoxy) is 1. The van der Waals surface area contributed by atoms with Gasteiger partial charge < -0.3 is 20.3 Å². The van der Waals surface area contributed by atoms with Crippen molar-refractivity contribution in [2.24, 2.45) is 0 Å². The lowest BCUT2D eigenvalue weighted by Gasteiger charge is -2.24. The highest BCUT2D eigenvalue weighted by atomic mass is 35.5. The van der Waals surface area contributed by atoms with Crippen molar-refractivity contribution < 1.29 is 14.3 Å². The number of carbonyl (C=O) groups excluding carboxylic acids is 2. The van der Waals surface area contributed by atoms with Gasteiger partial charge in [0.1, 0.15) is 6.04 Å². The quantitative estimate of drug-likeness (QED) is 0.591. The van der Waals surface area contributed by atoms with Gasteiger partial charge in [-0.2, -0.15) is 0 Å². The van der Waals surface area contributed by atoms with Crippen molar-refractivity contribution in [2.75, 3.05) is 24.3 Å². The molecule has 170 valence electrons. The van der Waals surface area contributed by atoms with Crippen LogP contribution in [0.3, 0.4) is 0 Å². The molecule has 1 atom stereocenters. The summed E-state index contributed by atoms with van der Waals surface area (Å²) in [5, 5.41) is 6.25. The Morgan fingerprint density at radius 3 is 2.36 bits per heavy atom. The van der Waals surface area contributed by atoms with Crippen molar-refractivity contribution in [2.45, 2.75) is 18.9 Å². The molecule has 2 aromatic carbocycles. The third-order valence-corrected chi connectivity index (χ3v) is 5.71. The van der Waals surface area contributed by atoms with Crippen molar-refractivity contribution in [1.29, 1.82) is 0 Å². The number of nitrogens with one attached hydrogen (secondary N) is 2. The van der Waals surface area contributed by atoms with Crippen LogP contribution >= 0.6 is 11.6 Å². The minimum atomic E-state index is -0.571. The van der Waals surface area contributed by atoms with Crippen LogP contribution in [0, 0.1) is 0 Å². The lowest BCUT2D eigenvalue weighted by atomic mass is 10.2. The molecule has 4 rings (SSSR count). The molecule has 0 radical (unpaired) electrons. The van der Waals surface area contributed by atoms with Gasteiger partial charge in [0, 0.05) is 34.8 Å². The van der Waals surface area contributed by atoms with Crippen LogP contribution in [0.15, 0.2) is 71.7 Å². The number of halogens is 1. The van der Waals surface area contributed by atoms with E-state index in [1.807, 2.05) is 0 Å². The molecule has 8 nitrogen and oxygen atoms in total. The van der Waals surface area contributed by atoms with Crippen molar-refractivity contribution >= 4 is 34.9 Å². The van der Waals surface area contributed by atoms with E-state index in [2.05, 4.69) is 10.6 Å². The van der Waals surface area contributed by atoms with E-state index in [1.54, 1.807) is 66.9 Å². The standard InChI is InChI=1S/C24H23ClN4O4/c1-33-21-5-3-14-28(23(21)31)19-12-10-17(11-13-19)26-22(30)20-4-2-15-29(20)24(32)27-18-8-6-16(25)7-9-18/h3,5-14,20H,2,4,15H2,1H3,(H,26,30)(H,27,32). The summed E-state index contributed by atoms with van der Waals surface area (Å²) < 4.78 is 6.54. The smallest absolute Gasteiger partial charge is 0.322 e. The number of likely N-dealkylation sites (tertiary alicyclic amines) is 1. The van der Waals surface area contributed by atoms with Crippen molar-refractivity contribution in [3.05, 3.63) is 82.2 Å². The fraction of sp³-hybridized carbons (Fsp3) is 0.208. The Hall–Kier alpha value is -3.78. The zero-order valence-corrected chi connectivity index (χ0v) is 18.7. The highest BCUT2D eigenvalue weighted by molar-refractivity contribution is 6.30. The number of benzene rings is 2. The van der Waals surface area contributed by atoms with E-state index in [4.69, 9.17) is 16.3 Å². The third-order valence-electron chi connectivity index (χ3n) is 5.46. The Morgan fingerprint density at radius 1 is 1.00 bits per heavy atom. The van der Waals surface area contributed by atoms with Crippen LogP contribution in [0.1, 0.15) is 12.8 Å². The largest absolute Gasteiger partial charge is 0.491 e. The Labute approximate surface area is 195 Å². The molecule has 9 heteroatoms.